The van der Waals surface area contributed by atoms with Crippen LogP contribution in [0.1, 0.15) is 58.6 Å². The standard InChI is InChI=1S/C29H38FN3O6S/c1-21-19-31(27(34)39-29(2,3)4)16-17-32(21)28(35)38-20-24-12-9-15-26(22-10-8-11-23(30)18-22)33(24)40(36,37)25-13-6-5-7-14-25/h5-8,10-11,13-14,18,21,24,26H,9,12,15-17,19-20H2,1-4H3/t21-,24+,26-/m0/s1. The Hall–Kier alpha value is -3.18. The fraction of sp³-hybridized carbons (Fsp3) is 0.517. The monoisotopic (exact) mass is 575 g/mol. The number of halogens is 1. The molecule has 9 nitrogen and oxygen atoms in total. The van der Waals surface area contributed by atoms with Crippen LogP contribution in [0.15, 0.2) is 59.5 Å². The Labute approximate surface area is 235 Å². The van der Waals surface area contributed by atoms with Crippen LogP contribution in [-0.2, 0) is 19.5 Å². The van der Waals surface area contributed by atoms with E-state index in [0.29, 0.717) is 37.9 Å². The third-order valence-electron chi connectivity index (χ3n) is 7.15. The van der Waals surface area contributed by atoms with E-state index in [0.717, 1.165) is 0 Å². The Morgan fingerprint density at radius 1 is 1.00 bits per heavy atom. The van der Waals surface area contributed by atoms with E-state index in [4.69, 9.17) is 9.47 Å². The predicted octanol–water partition coefficient (Wildman–Crippen LogP) is 5.19. The lowest BCUT2D eigenvalue weighted by Gasteiger charge is -2.42. The average Bonchev–Trinajstić information content (AvgIpc) is 2.91. The fourth-order valence-electron chi connectivity index (χ4n) is 5.29. The SMILES string of the molecule is C[C@H]1CN(C(=O)OC(C)(C)C)CCN1C(=O)OC[C@H]1CCC[C@@H](c2cccc(F)c2)N1S(=O)(=O)c1ccccc1. The molecule has 3 atom stereocenters. The van der Waals surface area contributed by atoms with Gasteiger partial charge >= 0.3 is 12.2 Å². The molecule has 0 saturated carbocycles. The van der Waals surface area contributed by atoms with Gasteiger partial charge in [0.1, 0.15) is 18.0 Å². The maximum Gasteiger partial charge on any atom is 0.410 e. The van der Waals surface area contributed by atoms with Crippen LogP contribution in [0, 0.1) is 5.82 Å². The number of ether oxygens (including phenoxy) is 2. The summed E-state index contributed by atoms with van der Waals surface area (Å²) in [6.07, 6.45) is 0.701. The molecule has 0 radical (unpaired) electrons. The van der Waals surface area contributed by atoms with Crippen molar-refractivity contribution in [1.29, 1.82) is 0 Å². The van der Waals surface area contributed by atoms with Gasteiger partial charge < -0.3 is 19.3 Å². The zero-order valence-corrected chi connectivity index (χ0v) is 24.3. The number of carbonyl (C=O) groups excluding carboxylic acids is 2. The van der Waals surface area contributed by atoms with Crippen LogP contribution in [0.4, 0.5) is 14.0 Å². The second-order valence-corrected chi connectivity index (χ2v) is 13.2. The van der Waals surface area contributed by atoms with Crippen LogP contribution in [-0.4, -0.2) is 78.6 Å². The third-order valence-corrected chi connectivity index (χ3v) is 9.12. The van der Waals surface area contributed by atoms with Crippen molar-refractivity contribution in [2.75, 3.05) is 26.2 Å². The number of amides is 2. The summed E-state index contributed by atoms with van der Waals surface area (Å²) in [7, 11) is -3.99. The van der Waals surface area contributed by atoms with Crippen molar-refractivity contribution >= 4 is 22.2 Å². The molecule has 2 aromatic carbocycles. The Balaban J connectivity index is 1.49. The van der Waals surface area contributed by atoms with Gasteiger partial charge in [0.2, 0.25) is 10.0 Å². The molecule has 4 rings (SSSR count). The van der Waals surface area contributed by atoms with Gasteiger partial charge in [-0.15, -0.1) is 0 Å². The summed E-state index contributed by atoms with van der Waals surface area (Å²) in [6.45, 7) is 7.94. The minimum Gasteiger partial charge on any atom is -0.448 e. The molecular weight excluding hydrogens is 537 g/mol. The van der Waals surface area contributed by atoms with Crippen molar-refractivity contribution in [3.05, 3.63) is 66.0 Å². The largest absolute Gasteiger partial charge is 0.448 e. The highest BCUT2D eigenvalue weighted by Crippen LogP contribution is 2.39. The van der Waals surface area contributed by atoms with Gasteiger partial charge in [0.15, 0.2) is 0 Å². The maximum absolute atomic E-state index is 14.1. The molecule has 0 aromatic heterocycles. The highest BCUT2D eigenvalue weighted by atomic mass is 32.2. The first-order chi connectivity index (χ1) is 18.9. The van der Waals surface area contributed by atoms with E-state index in [2.05, 4.69) is 0 Å². The second kappa shape index (κ2) is 12.1. The number of carbonyl (C=O) groups is 2. The van der Waals surface area contributed by atoms with Gasteiger partial charge in [0.05, 0.1) is 23.0 Å². The zero-order valence-electron chi connectivity index (χ0n) is 23.5. The smallest absolute Gasteiger partial charge is 0.410 e. The number of benzene rings is 2. The number of piperazine rings is 1. The molecule has 218 valence electrons. The first-order valence-electron chi connectivity index (χ1n) is 13.6. The summed E-state index contributed by atoms with van der Waals surface area (Å²) < 4.78 is 54.5. The number of sulfonamides is 1. The van der Waals surface area contributed by atoms with Gasteiger partial charge in [0, 0.05) is 19.6 Å². The summed E-state index contributed by atoms with van der Waals surface area (Å²) in [5.41, 5.74) is -0.0615. The summed E-state index contributed by atoms with van der Waals surface area (Å²) in [5.74, 6) is -0.442. The molecule has 2 fully saturated rings. The van der Waals surface area contributed by atoms with Crippen molar-refractivity contribution in [3.63, 3.8) is 0 Å². The van der Waals surface area contributed by atoms with Crippen molar-refractivity contribution in [1.82, 2.24) is 14.1 Å². The van der Waals surface area contributed by atoms with Gasteiger partial charge in [-0.05, 0) is 76.8 Å². The minimum atomic E-state index is -3.99. The van der Waals surface area contributed by atoms with Crippen molar-refractivity contribution in [3.8, 4) is 0 Å². The van der Waals surface area contributed by atoms with Gasteiger partial charge in [-0.3, -0.25) is 0 Å². The van der Waals surface area contributed by atoms with Crippen LogP contribution in [0.25, 0.3) is 0 Å². The second-order valence-electron chi connectivity index (χ2n) is 11.3. The quantitative estimate of drug-likeness (QED) is 0.487. The Kier molecular flexibility index (Phi) is 9.04. The molecule has 0 spiro atoms. The average molecular weight is 576 g/mol. The highest BCUT2D eigenvalue weighted by Gasteiger charge is 2.42. The number of hydrogen-bond acceptors (Lipinski definition) is 6. The Morgan fingerprint density at radius 3 is 2.38 bits per heavy atom. The Bertz CT molecular complexity index is 1300. The van der Waals surface area contributed by atoms with Crippen molar-refractivity contribution in [2.45, 2.75) is 75.6 Å². The number of rotatable bonds is 5. The molecule has 0 aliphatic carbocycles. The van der Waals surface area contributed by atoms with E-state index >= 15 is 0 Å². The van der Waals surface area contributed by atoms with Crippen LogP contribution in [0.3, 0.4) is 0 Å². The summed E-state index contributed by atoms with van der Waals surface area (Å²) in [4.78, 5) is 28.8. The molecule has 11 heteroatoms. The molecule has 2 aliphatic rings. The predicted molar refractivity (Wildman–Crippen MR) is 148 cm³/mol. The molecule has 2 amide bonds. The number of nitrogens with zero attached hydrogens (tertiary/aromatic N) is 3. The van der Waals surface area contributed by atoms with Gasteiger partial charge in [0.25, 0.3) is 0 Å². The molecule has 0 unspecified atom stereocenters. The van der Waals surface area contributed by atoms with E-state index < -0.39 is 45.7 Å². The molecule has 2 heterocycles. The van der Waals surface area contributed by atoms with E-state index in [1.54, 1.807) is 60.9 Å². The summed E-state index contributed by atoms with van der Waals surface area (Å²) >= 11 is 0. The van der Waals surface area contributed by atoms with E-state index in [1.807, 2.05) is 6.92 Å². The van der Waals surface area contributed by atoms with Crippen LogP contribution in [0.2, 0.25) is 0 Å². The minimum absolute atomic E-state index is 0.126. The highest BCUT2D eigenvalue weighted by molar-refractivity contribution is 7.89. The molecule has 2 aliphatic heterocycles. The zero-order chi connectivity index (χ0) is 29.1. The normalized spacial score (nSPS) is 22.6. The van der Waals surface area contributed by atoms with E-state index in [-0.39, 0.29) is 24.1 Å². The maximum atomic E-state index is 14.1. The summed E-state index contributed by atoms with van der Waals surface area (Å²) in [6, 6.07) is 12.5. The third kappa shape index (κ3) is 6.93. The molecule has 2 saturated heterocycles. The van der Waals surface area contributed by atoms with Crippen molar-refractivity contribution in [2.24, 2.45) is 0 Å². The molecule has 2 aromatic rings. The first kappa shape index (κ1) is 29.8. The van der Waals surface area contributed by atoms with Gasteiger partial charge in [-0.25, -0.2) is 22.4 Å². The fourth-order valence-corrected chi connectivity index (χ4v) is 7.15. The lowest BCUT2D eigenvalue weighted by Crippen LogP contribution is -2.56. The molecular formula is C29H38FN3O6S. The van der Waals surface area contributed by atoms with E-state index in [1.165, 1.54) is 28.6 Å². The lowest BCUT2D eigenvalue weighted by atomic mass is 9.93. The number of piperidine rings is 1. The van der Waals surface area contributed by atoms with E-state index in [9.17, 15) is 22.4 Å². The molecule has 0 bridgehead atoms. The molecule has 40 heavy (non-hydrogen) atoms. The van der Waals surface area contributed by atoms with Crippen LogP contribution >= 0.6 is 0 Å². The first-order valence-corrected chi connectivity index (χ1v) is 15.1. The van der Waals surface area contributed by atoms with Gasteiger partial charge in [-0.1, -0.05) is 30.3 Å². The Morgan fingerprint density at radius 2 is 1.73 bits per heavy atom. The van der Waals surface area contributed by atoms with Crippen LogP contribution < -0.4 is 0 Å². The lowest BCUT2D eigenvalue weighted by molar-refractivity contribution is 0.00101. The topological polar surface area (TPSA) is 96.5 Å². The molecule has 0 N–H and O–H groups in total. The summed E-state index contributed by atoms with van der Waals surface area (Å²) in [5, 5.41) is 0. The van der Waals surface area contributed by atoms with Gasteiger partial charge in [-0.2, -0.15) is 4.31 Å². The number of hydrogen-bond donors (Lipinski definition) is 0. The van der Waals surface area contributed by atoms with Crippen molar-refractivity contribution < 1.29 is 31.9 Å². The van der Waals surface area contributed by atoms with Crippen LogP contribution in [0.5, 0.6) is 0 Å².